The van der Waals surface area contributed by atoms with Gasteiger partial charge in [0.1, 0.15) is 0 Å². The molecular formula is C26H28ClN7O. The molecule has 2 aromatic carbocycles. The standard InChI is InChI=1S/C26H28ClN7O/c1-2-28-20-11-13-33(14-12-20)24-6-4-3-5-23(24)32-26(35)31-21-15-29-25-22(16-30-34(25)17-21)18-7-9-19(27)10-8-18/h3-10,15-17,20,28H,2,11-14H2,1H3,(H2,31,32,35). The highest BCUT2D eigenvalue weighted by atomic mass is 35.5. The van der Waals surface area contributed by atoms with Crippen molar-refractivity contribution in [1.82, 2.24) is 19.9 Å². The van der Waals surface area contributed by atoms with Gasteiger partial charge in [0.15, 0.2) is 5.65 Å². The second-order valence-corrected chi connectivity index (χ2v) is 9.03. The maximum atomic E-state index is 12.8. The number of nitrogens with one attached hydrogen (secondary N) is 3. The molecule has 0 unspecified atom stereocenters. The Labute approximate surface area is 209 Å². The van der Waals surface area contributed by atoms with Crippen LogP contribution in [0.1, 0.15) is 19.8 Å². The zero-order valence-corrected chi connectivity index (χ0v) is 20.3. The first-order valence-corrected chi connectivity index (χ1v) is 12.2. The monoisotopic (exact) mass is 489 g/mol. The van der Waals surface area contributed by atoms with Crippen molar-refractivity contribution in [2.45, 2.75) is 25.8 Å². The van der Waals surface area contributed by atoms with Gasteiger partial charge in [-0.05, 0) is 49.2 Å². The van der Waals surface area contributed by atoms with Crippen molar-refractivity contribution < 1.29 is 4.79 Å². The number of nitrogens with zero attached hydrogens (tertiary/aromatic N) is 4. The number of halogens is 1. The van der Waals surface area contributed by atoms with Crippen molar-refractivity contribution in [3.8, 4) is 11.1 Å². The molecule has 9 heteroatoms. The summed E-state index contributed by atoms with van der Waals surface area (Å²) in [6.45, 7) is 5.04. The molecule has 0 spiro atoms. The summed E-state index contributed by atoms with van der Waals surface area (Å²) in [5.41, 5.74) is 4.93. The molecule has 1 aliphatic rings. The zero-order chi connectivity index (χ0) is 24.2. The van der Waals surface area contributed by atoms with Gasteiger partial charge in [-0.25, -0.2) is 14.3 Å². The molecule has 0 radical (unpaired) electrons. The first kappa shape index (κ1) is 23.1. The van der Waals surface area contributed by atoms with Crippen LogP contribution in [0.4, 0.5) is 21.9 Å². The zero-order valence-electron chi connectivity index (χ0n) is 19.5. The molecule has 3 N–H and O–H groups in total. The van der Waals surface area contributed by atoms with E-state index >= 15 is 0 Å². The number of fused-ring (bicyclic) bond motifs is 1. The normalized spacial score (nSPS) is 14.3. The first-order chi connectivity index (χ1) is 17.1. The Bertz CT molecular complexity index is 1310. The third-order valence-electron chi connectivity index (χ3n) is 6.25. The van der Waals surface area contributed by atoms with Gasteiger partial charge in [-0.3, -0.25) is 0 Å². The molecule has 35 heavy (non-hydrogen) atoms. The molecule has 1 saturated heterocycles. The lowest BCUT2D eigenvalue weighted by molar-refractivity contribution is 0.262. The van der Waals surface area contributed by atoms with E-state index in [9.17, 15) is 4.79 Å². The van der Waals surface area contributed by atoms with Gasteiger partial charge in [-0.2, -0.15) is 5.10 Å². The van der Waals surface area contributed by atoms with Crippen LogP contribution in [-0.2, 0) is 0 Å². The lowest BCUT2D eigenvalue weighted by atomic mass is 10.0. The smallest absolute Gasteiger partial charge is 0.323 e. The largest absolute Gasteiger partial charge is 0.370 e. The van der Waals surface area contributed by atoms with Crippen LogP contribution >= 0.6 is 11.6 Å². The molecule has 2 aromatic heterocycles. The molecule has 4 aromatic rings. The van der Waals surface area contributed by atoms with Crippen LogP contribution in [0.2, 0.25) is 5.02 Å². The molecule has 8 nitrogen and oxygen atoms in total. The number of carbonyl (C=O) groups excluding carboxylic acids is 1. The van der Waals surface area contributed by atoms with Crippen LogP contribution in [0.25, 0.3) is 16.8 Å². The summed E-state index contributed by atoms with van der Waals surface area (Å²) in [4.78, 5) is 19.7. The number of benzene rings is 2. The predicted molar refractivity (Wildman–Crippen MR) is 141 cm³/mol. The SMILES string of the molecule is CCNC1CCN(c2ccccc2NC(=O)Nc2cnc3c(-c4ccc(Cl)cc4)cnn3c2)CC1. The van der Waals surface area contributed by atoms with E-state index in [0.717, 1.165) is 55.0 Å². The Hall–Kier alpha value is -3.62. The van der Waals surface area contributed by atoms with Gasteiger partial charge in [-0.1, -0.05) is 42.8 Å². The lowest BCUT2D eigenvalue weighted by Crippen LogP contribution is -2.42. The molecule has 0 bridgehead atoms. The second kappa shape index (κ2) is 10.3. The average molecular weight is 490 g/mol. The number of piperidine rings is 1. The number of anilines is 3. The maximum Gasteiger partial charge on any atom is 0.323 e. The van der Waals surface area contributed by atoms with E-state index in [1.807, 2.05) is 42.5 Å². The van der Waals surface area contributed by atoms with Crippen molar-refractivity contribution in [1.29, 1.82) is 0 Å². The van der Waals surface area contributed by atoms with Crippen LogP contribution in [-0.4, -0.2) is 46.3 Å². The average Bonchev–Trinajstić information content (AvgIpc) is 3.29. The number of urea groups is 1. The van der Waals surface area contributed by atoms with E-state index in [2.05, 4.69) is 43.9 Å². The highest BCUT2D eigenvalue weighted by molar-refractivity contribution is 6.30. The van der Waals surface area contributed by atoms with E-state index in [4.69, 9.17) is 11.6 Å². The van der Waals surface area contributed by atoms with Crippen LogP contribution in [0, 0.1) is 0 Å². The highest BCUT2D eigenvalue weighted by Crippen LogP contribution is 2.29. The number of amides is 2. The molecule has 0 aliphatic carbocycles. The third-order valence-corrected chi connectivity index (χ3v) is 6.50. The molecule has 180 valence electrons. The molecule has 1 fully saturated rings. The fourth-order valence-corrected chi connectivity index (χ4v) is 4.65. The van der Waals surface area contributed by atoms with Crippen LogP contribution in [0.5, 0.6) is 0 Å². The molecule has 2 amide bonds. The predicted octanol–water partition coefficient (Wildman–Crippen LogP) is 5.27. The number of carbonyl (C=O) groups is 1. The van der Waals surface area contributed by atoms with Gasteiger partial charge >= 0.3 is 6.03 Å². The summed E-state index contributed by atoms with van der Waals surface area (Å²) in [5, 5.41) is 14.5. The number of hydrogen-bond acceptors (Lipinski definition) is 5. The minimum atomic E-state index is -0.328. The van der Waals surface area contributed by atoms with Gasteiger partial charge in [0.2, 0.25) is 0 Å². The number of para-hydroxylation sites is 2. The fraction of sp³-hybridized carbons (Fsp3) is 0.269. The summed E-state index contributed by atoms with van der Waals surface area (Å²) in [6.07, 6.45) is 7.31. The molecular weight excluding hydrogens is 462 g/mol. The summed E-state index contributed by atoms with van der Waals surface area (Å²) < 4.78 is 1.65. The number of aromatic nitrogens is 3. The summed E-state index contributed by atoms with van der Waals surface area (Å²) in [7, 11) is 0. The van der Waals surface area contributed by atoms with Crippen molar-refractivity contribution in [2.24, 2.45) is 0 Å². The van der Waals surface area contributed by atoms with Gasteiger partial charge in [-0.15, -0.1) is 0 Å². The topological polar surface area (TPSA) is 86.6 Å². The minimum absolute atomic E-state index is 0.328. The van der Waals surface area contributed by atoms with Gasteiger partial charge in [0.25, 0.3) is 0 Å². The van der Waals surface area contributed by atoms with Gasteiger partial charge < -0.3 is 20.9 Å². The van der Waals surface area contributed by atoms with Crippen LogP contribution in [0.15, 0.2) is 67.1 Å². The fourth-order valence-electron chi connectivity index (χ4n) is 4.53. The highest BCUT2D eigenvalue weighted by Gasteiger charge is 2.21. The Morgan fingerprint density at radius 1 is 1.06 bits per heavy atom. The quantitative estimate of drug-likeness (QED) is 0.343. The Kier molecular flexibility index (Phi) is 6.83. The van der Waals surface area contributed by atoms with Crippen molar-refractivity contribution in [3.05, 3.63) is 72.1 Å². The summed E-state index contributed by atoms with van der Waals surface area (Å²) in [6, 6.07) is 15.7. The van der Waals surface area contributed by atoms with Gasteiger partial charge in [0.05, 0.1) is 35.7 Å². The molecule has 0 saturated carbocycles. The van der Waals surface area contributed by atoms with E-state index in [0.29, 0.717) is 22.4 Å². The van der Waals surface area contributed by atoms with E-state index in [-0.39, 0.29) is 6.03 Å². The van der Waals surface area contributed by atoms with E-state index < -0.39 is 0 Å². The van der Waals surface area contributed by atoms with E-state index in [1.54, 1.807) is 23.1 Å². The molecule has 3 heterocycles. The molecule has 1 aliphatic heterocycles. The van der Waals surface area contributed by atoms with Crippen LogP contribution in [0.3, 0.4) is 0 Å². The second-order valence-electron chi connectivity index (χ2n) is 8.59. The third kappa shape index (κ3) is 5.23. The number of rotatable bonds is 6. The Balaban J connectivity index is 1.27. The number of hydrogen-bond donors (Lipinski definition) is 3. The van der Waals surface area contributed by atoms with Crippen LogP contribution < -0.4 is 20.9 Å². The molecule has 5 rings (SSSR count). The van der Waals surface area contributed by atoms with Crippen molar-refractivity contribution >= 4 is 40.3 Å². The van der Waals surface area contributed by atoms with E-state index in [1.165, 1.54) is 0 Å². The first-order valence-electron chi connectivity index (χ1n) is 11.9. The Morgan fingerprint density at radius 3 is 2.60 bits per heavy atom. The lowest BCUT2D eigenvalue weighted by Gasteiger charge is -2.35. The minimum Gasteiger partial charge on any atom is -0.370 e. The van der Waals surface area contributed by atoms with Crippen molar-refractivity contribution in [2.75, 3.05) is 35.2 Å². The van der Waals surface area contributed by atoms with Gasteiger partial charge in [0, 0.05) is 29.7 Å². The molecule has 0 atom stereocenters. The maximum absolute atomic E-state index is 12.8. The summed E-state index contributed by atoms with van der Waals surface area (Å²) >= 11 is 6.00. The van der Waals surface area contributed by atoms with Crippen molar-refractivity contribution in [3.63, 3.8) is 0 Å². The Morgan fingerprint density at radius 2 is 1.83 bits per heavy atom. The summed E-state index contributed by atoms with van der Waals surface area (Å²) in [5.74, 6) is 0.